The minimum absolute atomic E-state index is 0.0966. The van der Waals surface area contributed by atoms with E-state index in [0.717, 1.165) is 26.8 Å². The average Bonchev–Trinajstić information content (AvgIpc) is 2.47. The van der Waals surface area contributed by atoms with E-state index in [0.29, 0.717) is 11.5 Å². The van der Waals surface area contributed by atoms with Crippen LogP contribution in [-0.2, 0) is 0 Å². The van der Waals surface area contributed by atoms with E-state index in [9.17, 15) is 0 Å². The molecule has 2 rings (SSSR count). The summed E-state index contributed by atoms with van der Waals surface area (Å²) < 4.78 is 16.6. The van der Waals surface area contributed by atoms with Crippen LogP contribution in [0.1, 0.15) is 0 Å². The SMILES string of the molecule is Brc1ccc(OCOc2ccc(Br)c(Br)c2Br)c(Br)c1Br. The summed E-state index contributed by atoms with van der Waals surface area (Å²) in [7, 11) is 0. The van der Waals surface area contributed by atoms with Crippen molar-refractivity contribution in [3.63, 3.8) is 0 Å². The largest absolute Gasteiger partial charge is 0.456 e. The number of hydrogen-bond donors (Lipinski definition) is 0. The third kappa shape index (κ3) is 4.47. The molecule has 2 nitrogen and oxygen atoms in total. The smallest absolute Gasteiger partial charge is 0.231 e. The molecule has 0 radical (unpaired) electrons. The summed E-state index contributed by atoms with van der Waals surface area (Å²) in [6.07, 6.45) is 0. The summed E-state index contributed by atoms with van der Waals surface area (Å²) in [5.74, 6) is 1.38. The van der Waals surface area contributed by atoms with E-state index in [4.69, 9.17) is 9.47 Å². The Bertz CT molecular complexity index is 617. The summed E-state index contributed by atoms with van der Waals surface area (Å²) in [6, 6.07) is 7.51. The highest BCUT2D eigenvalue weighted by Gasteiger charge is 2.11. The van der Waals surface area contributed by atoms with Gasteiger partial charge in [0.05, 0.1) is 8.95 Å². The zero-order valence-electron chi connectivity index (χ0n) is 10.1. The van der Waals surface area contributed by atoms with Crippen LogP contribution < -0.4 is 9.47 Å². The molecule has 21 heavy (non-hydrogen) atoms. The van der Waals surface area contributed by atoms with Crippen LogP contribution in [0.3, 0.4) is 0 Å². The third-order valence-electron chi connectivity index (χ3n) is 2.43. The summed E-state index contributed by atoms with van der Waals surface area (Å²) in [5.41, 5.74) is 0. The predicted octanol–water partition coefficient (Wildman–Crippen LogP) is 7.68. The maximum Gasteiger partial charge on any atom is 0.231 e. The lowest BCUT2D eigenvalue weighted by atomic mass is 10.3. The Morgan fingerprint density at radius 3 is 1.33 bits per heavy atom. The van der Waals surface area contributed by atoms with Gasteiger partial charge >= 0.3 is 0 Å². The Balaban J connectivity index is 2.06. The maximum absolute atomic E-state index is 5.63. The quantitative estimate of drug-likeness (QED) is 0.245. The topological polar surface area (TPSA) is 18.5 Å². The van der Waals surface area contributed by atoms with Crippen LogP contribution in [0.15, 0.2) is 51.1 Å². The number of ether oxygens (including phenoxy) is 2. The van der Waals surface area contributed by atoms with E-state index in [2.05, 4.69) is 95.6 Å². The van der Waals surface area contributed by atoms with Crippen molar-refractivity contribution in [1.29, 1.82) is 0 Å². The Hall–Kier alpha value is 0.920. The standard InChI is InChI=1S/C13H6Br6O2/c14-6-1-3-8(12(18)10(6)16)20-5-21-9-4-2-7(15)11(17)13(9)19/h1-4H,5H2. The molecule has 0 amide bonds. The second kappa shape index (κ2) is 8.15. The van der Waals surface area contributed by atoms with Crippen molar-refractivity contribution >= 4 is 95.6 Å². The van der Waals surface area contributed by atoms with Gasteiger partial charge in [0, 0.05) is 17.9 Å². The molecule has 0 N–H and O–H groups in total. The molecule has 0 saturated carbocycles. The highest BCUT2D eigenvalue weighted by molar-refractivity contribution is 9.15. The van der Waals surface area contributed by atoms with Crippen molar-refractivity contribution < 1.29 is 9.47 Å². The van der Waals surface area contributed by atoms with Crippen LogP contribution in [-0.4, -0.2) is 6.79 Å². The van der Waals surface area contributed by atoms with Gasteiger partial charge in [-0.25, -0.2) is 0 Å². The minimum Gasteiger partial charge on any atom is -0.456 e. The van der Waals surface area contributed by atoms with Gasteiger partial charge in [-0.1, -0.05) is 0 Å². The van der Waals surface area contributed by atoms with E-state index in [1.54, 1.807) is 0 Å². The molecule has 0 aliphatic carbocycles. The Morgan fingerprint density at radius 2 is 0.952 bits per heavy atom. The van der Waals surface area contributed by atoms with Gasteiger partial charge in [0.2, 0.25) is 6.79 Å². The van der Waals surface area contributed by atoms with Crippen molar-refractivity contribution in [1.82, 2.24) is 0 Å². The molecule has 0 aliphatic rings. The molecule has 0 bridgehead atoms. The van der Waals surface area contributed by atoms with Crippen LogP contribution >= 0.6 is 95.6 Å². The van der Waals surface area contributed by atoms with Crippen LogP contribution in [0.4, 0.5) is 0 Å². The van der Waals surface area contributed by atoms with Gasteiger partial charge in [0.1, 0.15) is 11.5 Å². The van der Waals surface area contributed by atoms with Crippen molar-refractivity contribution in [2.75, 3.05) is 6.79 Å². The molecule has 0 spiro atoms. The van der Waals surface area contributed by atoms with Gasteiger partial charge in [0.25, 0.3) is 0 Å². The first-order valence-electron chi connectivity index (χ1n) is 5.44. The molecule has 0 aliphatic heterocycles. The zero-order valence-corrected chi connectivity index (χ0v) is 19.6. The van der Waals surface area contributed by atoms with E-state index >= 15 is 0 Å². The average molecular weight is 674 g/mol. The van der Waals surface area contributed by atoms with Gasteiger partial charge in [-0.05, 0) is 120 Å². The lowest BCUT2D eigenvalue weighted by molar-refractivity contribution is 0.118. The molecule has 2 aromatic rings. The highest BCUT2D eigenvalue weighted by atomic mass is 79.9. The first-order valence-corrected chi connectivity index (χ1v) is 10.2. The Morgan fingerprint density at radius 1 is 0.571 bits per heavy atom. The summed E-state index contributed by atoms with van der Waals surface area (Å²) in [5, 5.41) is 0. The second-order valence-corrected chi connectivity index (χ2v) is 8.63. The number of benzene rings is 2. The van der Waals surface area contributed by atoms with Gasteiger partial charge in [-0.3, -0.25) is 0 Å². The first-order chi connectivity index (χ1) is 9.91. The summed E-state index contributed by atoms with van der Waals surface area (Å²) in [6.45, 7) is 0.0966. The summed E-state index contributed by atoms with van der Waals surface area (Å²) >= 11 is 20.7. The fraction of sp³-hybridized carbons (Fsp3) is 0.0769. The van der Waals surface area contributed by atoms with Gasteiger partial charge in [0.15, 0.2) is 0 Å². The third-order valence-corrected chi connectivity index (χ3v) is 9.10. The lowest BCUT2D eigenvalue weighted by Crippen LogP contribution is -2.06. The van der Waals surface area contributed by atoms with Gasteiger partial charge < -0.3 is 9.47 Å². The molecule has 0 unspecified atom stereocenters. The first kappa shape index (κ1) is 18.3. The van der Waals surface area contributed by atoms with Crippen LogP contribution in [0.25, 0.3) is 0 Å². The number of rotatable bonds is 4. The Labute approximate surface area is 172 Å². The van der Waals surface area contributed by atoms with Crippen LogP contribution in [0.5, 0.6) is 11.5 Å². The lowest BCUT2D eigenvalue weighted by Gasteiger charge is -2.13. The second-order valence-electron chi connectivity index (χ2n) is 3.75. The normalized spacial score (nSPS) is 10.6. The van der Waals surface area contributed by atoms with E-state index in [-0.39, 0.29) is 6.79 Å². The van der Waals surface area contributed by atoms with Crippen LogP contribution in [0, 0.1) is 0 Å². The fourth-order valence-electron chi connectivity index (χ4n) is 1.40. The van der Waals surface area contributed by atoms with Crippen molar-refractivity contribution in [2.45, 2.75) is 0 Å². The van der Waals surface area contributed by atoms with E-state index < -0.39 is 0 Å². The number of hydrogen-bond acceptors (Lipinski definition) is 2. The van der Waals surface area contributed by atoms with E-state index in [1.165, 1.54) is 0 Å². The monoisotopic (exact) mass is 668 g/mol. The molecule has 2 aromatic carbocycles. The molecular formula is C13H6Br6O2. The molecule has 0 heterocycles. The minimum atomic E-state index is 0.0966. The maximum atomic E-state index is 5.63. The van der Waals surface area contributed by atoms with Crippen molar-refractivity contribution in [3.8, 4) is 11.5 Å². The molecule has 0 saturated heterocycles. The molecule has 0 atom stereocenters. The van der Waals surface area contributed by atoms with Crippen molar-refractivity contribution in [3.05, 3.63) is 51.1 Å². The fourth-order valence-corrected chi connectivity index (χ4v) is 4.16. The predicted molar refractivity (Wildman–Crippen MR) is 105 cm³/mol. The van der Waals surface area contributed by atoms with Crippen molar-refractivity contribution in [2.24, 2.45) is 0 Å². The summed E-state index contributed by atoms with van der Waals surface area (Å²) in [4.78, 5) is 0. The molecular weight excluding hydrogens is 668 g/mol. The van der Waals surface area contributed by atoms with E-state index in [1.807, 2.05) is 24.3 Å². The van der Waals surface area contributed by atoms with Crippen LogP contribution in [0.2, 0.25) is 0 Å². The molecule has 0 aromatic heterocycles. The zero-order chi connectivity index (χ0) is 15.6. The highest BCUT2D eigenvalue weighted by Crippen LogP contribution is 2.39. The molecule has 0 fully saturated rings. The number of halogens is 6. The molecule has 8 heteroatoms. The van der Waals surface area contributed by atoms with Gasteiger partial charge in [-0.2, -0.15) is 0 Å². The Kier molecular flexibility index (Phi) is 7.08. The van der Waals surface area contributed by atoms with Gasteiger partial charge in [-0.15, -0.1) is 0 Å². The molecule has 112 valence electrons.